The van der Waals surface area contributed by atoms with Crippen LogP contribution in [0.1, 0.15) is 0 Å². The standard InChI is InChI=1S/C6H14N4O/c1-7-5-10-6(8-2,9-3)4-11-5/h8-9H,4H2,1-3H3,(H,7,10). The van der Waals surface area contributed by atoms with E-state index in [0.717, 1.165) is 0 Å². The third kappa shape index (κ3) is 1.44. The molecule has 64 valence electrons. The first-order valence-electron chi connectivity index (χ1n) is 3.54. The van der Waals surface area contributed by atoms with Gasteiger partial charge in [-0.2, -0.15) is 4.99 Å². The van der Waals surface area contributed by atoms with Crippen LogP contribution in [0.15, 0.2) is 4.99 Å². The summed E-state index contributed by atoms with van der Waals surface area (Å²) >= 11 is 0. The second-order valence-corrected chi connectivity index (χ2v) is 2.32. The van der Waals surface area contributed by atoms with Crippen LogP contribution >= 0.6 is 0 Å². The summed E-state index contributed by atoms with van der Waals surface area (Å²) < 4.78 is 5.21. The van der Waals surface area contributed by atoms with E-state index in [0.29, 0.717) is 12.6 Å². The number of hydrogen-bond donors (Lipinski definition) is 3. The molecule has 11 heavy (non-hydrogen) atoms. The Bertz CT molecular complexity index is 164. The van der Waals surface area contributed by atoms with Crippen molar-refractivity contribution >= 4 is 6.02 Å². The van der Waals surface area contributed by atoms with Gasteiger partial charge in [-0.15, -0.1) is 0 Å². The maximum atomic E-state index is 5.21. The zero-order valence-corrected chi connectivity index (χ0v) is 7.06. The first kappa shape index (κ1) is 8.29. The first-order chi connectivity index (χ1) is 5.26. The Kier molecular flexibility index (Phi) is 2.31. The van der Waals surface area contributed by atoms with E-state index in [4.69, 9.17) is 4.74 Å². The zero-order chi connectivity index (χ0) is 8.32. The smallest absolute Gasteiger partial charge is 0.287 e. The van der Waals surface area contributed by atoms with Crippen LogP contribution in [0, 0.1) is 0 Å². The lowest BCUT2D eigenvalue weighted by molar-refractivity contribution is 0.200. The lowest BCUT2D eigenvalue weighted by atomic mass is 10.4. The molecule has 0 spiro atoms. The Morgan fingerprint density at radius 3 is 2.27 bits per heavy atom. The van der Waals surface area contributed by atoms with Crippen LogP contribution in [0.2, 0.25) is 0 Å². The minimum absolute atomic E-state index is 0.446. The van der Waals surface area contributed by atoms with Crippen molar-refractivity contribution in [1.29, 1.82) is 0 Å². The van der Waals surface area contributed by atoms with Gasteiger partial charge in [-0.05, 0) is 14.1 Å². The summed E-state index contributed by atoms with van der Waals surface area (Å²) in [6.45, 7) is 0.510. The third-order valence-corrected chi connectivity index (χ3v) is 1.75. The van der Waals surface area contributed by atoms with Gasteiger partial charge in [0.05, 0.1) is 0 Å². The fourth-order valence-corrected chi connectivity index (χ4v) is 0.920. The largest absolute Gasteiger partial charge is 0.460 e. The molecule has 1 aliphatic heterocycles. The van der Waals surface area contributed by atoms with Crippen LogP contribution in [0.4, 0.5) is 0 Å². The molecule has 3 N–H and O–H groups in total. The van der Waals surface area contributed by atoms with Crippen molar-refractivity contribution in [2.75, 3.05) is 27.7 Å². The van der Waals surface area contributed by atoms with E-state index in [1.54, 1.807) is 7.05 Å². The predicted octanol–water partition coefficient (Wildman–Crippen LogP) is -1.32. The van der Waals surface area contributed by atoms with Gasteiger partial charge in [-0.25, -0.2) is 0 Å². The number of ether oxygens (including phenoxy) is 1. The summed E-state index contributed by atoms with van der Waals surface area (Å²) in [4.78, 5) is 4.24. The quantitative estimate of drug-likeness (QED) is 0.436. The second kappa shape index (κ2) is 3.06. The van der Waals surface area contributed by atoms with Crippen LogP contribution in [0.3, 0.4) is 0 Å². The second-order valence-electron chi connectivity index (χ2n) is 2.32. The fourth-order valence-electron chi connectivity index (χ4n) is 0.920. The number of nitrogens with one attached hydrogen (secondary N) is 3. The molecular weight excluding hydrogens is 144 g/mol. The minimum Gasteiger partial charge on any atom is -0.460 e. The highest BCUT2D eigenvalue weighted by Crippen LogP contribution is 2.09. The molecule has 5 heteroatoms. The summed E-state index contributed by atoms with van der Waals surface area (Å²) in [5.74, 6) is -0.446. The van der Waals surface area contributed by atoms with Gasteiger partial charge in [0, 0.05) is 7.05 Å². The normalized spacial score (nSPS) is 20.8. The van der Waals surface area contributed by atoms with Crippen molar-refractivity contribution < 1.29 is 4.74 Å². The lowest BCUT2D eigenvalue weighted by Crippen LogP contribution is -2.53. The number of rotatable bonds is 2. The van der Waals surface area contributed by atoms with Crippen LogP contribution in [0.25, 0.3) is 0 Å². The molecule has 0 amide bonds. The molecule has 0 aliphatic carbocycles. The Balaban J connectivity index is 2.67. The van der Waals surface area contributed by atoms with Gasteiger partial charge in [0.1, 0.15) is 6.61 Å². The molecule has 0 saturated carbocycles. The van der Waals surface area contributed by atoms with Crippen LogP contribution in [-0.4, -0.2) is 39.6 Å². The van der Waals surface area contributed by atoms with E-state index >= 15 is 0 Å². The number of likely N-dealkylation sites (N-methyl/N-ethyl adjacent to an activating group) is 2. The summed E-state index contributed by atoms with van der Waals surface area (Å²) in [5, 5.41) is 8.89. The number of nitrogens with zero attached hydrogens (tertiary/aromatic N) is 1. The SMILES string of the molecule is CNC1=NC(NC)(NC)CO1. The molecule has 0 fully saturated rings. The minimum atomic E-state index is -0.446. The lowest BCUT2D eigenvalue weighted by Gasteiger charge is -2.21. The Morgan fingerprint density at radius 2 is 2.00 bits per heavy atom. The molecule has 0 aromatic carbocycles. The van der Waals surface area contributed by atoms with Crippen molar-refractivity contribution in [2.24, 2.45) is 4.99 Å². The van der Waals surface area contributed by atoms with E-state index in [-0.39, 0.29) is 0 Å². The van der Waals surface area contributed by atoms with E-state index in [1.807, 2.05) is 14.1 Å². The highest BCUT2D eigenvalue weighted by Gasteiger charge is 2.32. The van der Waals surface area contributed by atoms with Gasteiger partial charge in [0.25, 0.3) is 6.02 Å². The number of aliphatic imine (C=N–C) groups is 1. The molecule has 0 saturated heterocycles. The molecule has 5 nitrogen and oxygen atoms in total. The molecule has 1 heterocycles. The molecule has 0 bridgehead atoms. The number of hydrogen-bond acceptors (Lipinski definition) is 5. The highest BCUT2D eigenvalue weighted by atomic mass is 16.5. The van der Waals surface area contributed by atoms with E-state index < -0.39 is 5.79 Å². The Morgan fingerprint density at radius 1 is 1.36 bits per heavy atom. The van der Waals surface area contributed by atoms with Crippen LogP contribution < -0.4 is 16.0 Å². The maximum Gasteiger partial charge on any atom is 0.287 e. The van der Waals surface area contributed by atoms with Gasteiger partial charge in [-0.1, -0.05) is 0 Å². The Labute approximate surface area is 66.2 Å². The van der Waals surface area contributed by atoms with Crippen LogP contribution in [-0.2, 0) is 4.74 Å². The molecule has 0 unspecified atom stereocenters. The monoisotopic (exact) mass is 158 g/mol. The van der Waals surface area contributed by atoms with Gasteiger partial charge >= 0.3 is 0 Å². The average molecular weight is 158 g/mol. The van der Waals surface area contributed by atoms with Gasteiger partial charge < -0.3 is 10.1 Å². The summed E-state index contributed by atoms with van der Waals surface area (Å²) in [5.41, 5.74) is 0. The zero-order valence-electron chi connectivity index (χ0n) is 7.06. The fraction of sp³-hybridized carbons (Fsp3) is 0.833. The number of amidine groups is 1. The molecule has 0 atom stereocenters. The third-order valence-electron chi connectivity index (χ3n) is 1.75. The van der Waals surface area contributed by atoms with Crippen molar-refractivity contribution in [3.05, 3.63) is 0 Å². The van der Waals surface area contributed by atoms with Gasteiger partial charge in [-0.3, -0.25) is 10.6 Å². The summed E-state index contributed by atoms with van der Waals surface area (Å²) in [7, 11) is 5.45. The average Bonchev–Trinajstić information content (AvgIpc) is 2.49. The van der Waals surface area contributed by atoms with Gasteiger partial charge in [0.15, 0.2) is 0 Å². The molecule has 1 aliphatic rings. The van der Waals surface area contributed by atoms with E-state index in [9.17, 15) is 0 Å². The Hall–Kier alpha value is -0.810. The van der Waals surface area contributed by atoms with E-state index in [2.05, 4.69) is 20.9 Å². The predicted molar refractivity (Wildman–Crippen MR) is 43.3 cm³/mol. The molecular formula is C6H14N4O. The molecule has 0 radical (unpaired) electrons. The van der Waals surface area contributed by atoms with Crippen LogP contribution in [0.5, 0.6) is 0 Å². The summed E-state index contributed by atoms with van der Waals surface area (Å²) in [6, 6.07) is 0.564. The van der Waals surface area contributed by atoms with E-state index in [1.165, 1.54) is 0 Å². The van der Waals surface area contributed by atoms with Crippen molar-refractivity contribution in [3.63, 3.8) is 0 Å². The maximum absolute atomic E-state index is 5.21. The highest BCUT2D eigenvalue weighted by molar-refractivity contribution is 5.75. The molecule has 1 rings (SSSR count). The van der Waals surface area contributed by atoms with Crippen molar-refractivity contribution in [3.8, 4) is 0 Å². The topological polar surface area (TPSA) is 57.7 Å². The molecule has 0 aromatic rings. The van der Waals surface area contributed by atoms with Crippen molar-refractivity contribution in [2.45, 2.75) is 5.79 Å². The van der Waals surface area contributed by atoms with Crippen molar-refractivity contribution in [1.82, 2.24) is 16.0 Å². The van der Waals surface area contributed by atoms with Gasteiger partial charge in [0.2, 0.25) is 5.79 Å². The summed E-state index contributed by atoms with van der Waals surface area (Å²) in [6.07, 6.45) is 0. The first-order valence-corrected chi connectivity index (χ1v) is 3.54. The molecule has 0 aromatic heterocycles.